The molecule has 0 aliphatic heterocycles. The van der Waals surface area contributed by atoms with Gasteiger partial charge >= 0.3 is 0 Å². The molecule has 1 rings (SSSR count). The van der Waals surface area contributed by atoms with E-state index in [1.165, 1.54) is 4.90 Å². The Hall–Kier alpha value is -2.08. The molecule has 104 valence electrons. The SMILES string of the molecule is CN(CC(=O)Nc1ccccc1N)CC(=O)N(C)C. The molecule has 0 heterocycles. The van der Waals surface area contributed by atoms with Crippen molar-refractivity contribution in [1.82, 2.24) is 9.80 Å². The first kappa shape index (κ1) is 15.0. The van der Waals surface area contributed by atoms with Crippen LogP contribution in [0.3, 0.4) is 0 Å². The lowest BCUT2D eigenvalue weighted by molar-refractivity contribution is -0.130. The summed E-state index contributed by atoms with van der Waals surface area (Å²) < 4.78 is 0. The van der Waals surface area contributed by atoms with Crippen LogP contribution in [0.4, 0.5) is 11.4 Å². The predicted molar refractivity (Wildman–Crippen MR) is 75.7 cm³/mol. The zero-order chi connectivity index (χ0) is 14.4. The van der Waals surface area contributed by atoms with Crippen LogP contribution in [0.1, 0.15) is 0 Å². The minimum absolute atomic E-state index is 0.0467. The summed E-state index contributed by atoms with van der Waals surface area (Å²) in [6.07, 6.45) is 0. The van der Waals surface area contributed by atoms with Gasteiger partial charge in [-0.3, -0.25) is 14.5 Å². The van der Waals surface area contributed by atoms with Gasteiger partial charge in [0.1, 0.15) is 0 Å². The van der Waals surface area contributed by atoms with E-state index in [1.54, 1.807) is 50.3 Å². The molecule has 0 atom stereocenters. The number of carbonyl (C=O) groups excluding carboxylic acids is 2. The van der Waals surface area contributed by atoms with E-state index in [9.17, 15) is 9.59 Å². The number of amides is 2. The van der Waals surface area contributed by atoms with Crippen LogP contribution in [0, 0.1) is 0 Å². The standard InChI is InChI=1S/C13H20N4O2/c1-16(2)13(19)9-17(3)8-12(18)15-11-7-5-4-6-10(11)14/h4-7H,8-9,14H2,1-3H3,(H,15,18). The van der Waals surface area contributed by atoms with Crippen LogP contribution in [-0.2, 0) is 9.59 Å². The maximum absolute atomic E-state index is 11.8. The molecular weight excluding hydrogens is 244 g/mol. The molecule has 0 fully saturated rings. The summed E-state index contributed by atoms with van der Waals surface area (Å²) in [5.41, 5.74) is 6.83. The lowest BCUT2D eigenvalue weighted by atomic mass is 10.2. The van der Waals surface area contributed by atoms with E-state index < -0.39 is 0 Å². The maximum atomic E-state index is 11.8. The van der Waals surface area contributed by atoms with Gasteiger partial charge in [-0.2, -0.15) is 0 Å². The minimum atomic E-state index is -0.202. The first-order chi connectivity index (χ1) is 8.90. The molecule has 6 heteroatoms. The fourth-order valence-corrected chi connectivity index (χ4v) is 1.47. The Morgan fingerprint density at radius 1 is 1.16 bits per heavy atom. The van der Waals surface area contributed by atoms with Crippen molar-refractivity contribution in [1.29, 1.82) is 0 Å². The van der Waals surface area contributed by atoms with Crippen molar-refractivity contribution in [3.8, 4) is 0 Å². The largest absolute Gasteiger partial charge is 0.397 e. The highest BCUT2D eigenvalue weighted by molar-refractivity contribution is 5.95. The van der Waals surface area contributed by atoms with E-state index in [4.69, 9.17) is 5.73 Å². The lowest BCUT2D eigenvalue weighted by Crippen LogP contribution is -2.38. The van der Waals surface area contributed by atoms with Crippen LogP contribution in [0.15, 0.2) is 24.3 Å². The molecule has 0 unspecified atom stereocenters. The van der Waals surface area contributed by atoms with E-state index in [2.05, 4.69) is 5.32 Å². The highest BCUT2D eigenvalue weighted by Crippen LogP contribution is 2.16. The molecule has 3 N–H and O–H groups in total. The lowest BCUT2D eigenvalue weighted by Gasteiger charge is -2.18. The molecule has 1 aromatic rings. The average molecular weight is 264 g/mol. The van der Waals surface area contributed by atoms with Crippen LogP contribution in [0.25, 0.3) is 0 Å². The van der Waals surface area contributed by atoms with Crippen molar-refractivity contribution in [3.63, 3.8) is 0 Å². The second-order valence-electron chi connectivity index (χ2n) is 4.60. The summed E-state index contributed by atoms with van der Waals surface area (Å²) in [6, 6.07) is 7.05. The summed E-state index contributed by atoms with van der Waals surface area (Å²) in [6.45, 7) is 0.332. The monoisotopic (exact) mass is 264 g/mol. The molecule has 0 bridgehead atoms. The van der Waals surface area contributed by atoms with Crippen molar-refractivity contribution in [3.05, 3.63) is 24.3 Å². The molecule has 0 saturated heterocycles. The van der Waals surface area contributed by atoms with Gasteiger partial charge in [0.25, 0.3) is 0 Å². The number of anilines is 2. The fourth-order valence-electron chi connectivity index (χ4n) is 1.47. The normalized spacial score (nSPS) is 10.3. The molecule has 0 aliphatic carbocycles. The Morgan fingerprint density at radius 3 is 2.37 bits per heavy atom. The van der Waals surface area contributed by atoms with Crippen molar-refractivity contribution in [2.24, 2.45) is 0 Å². The van der Waals surface area contributed by atoms with Gasteiger partial charge in [-0.15, -0.1) is 0 Å². The summed E-state index contributed by atoms with van der Waals surface area (Å²) in [5.74, 6) is -0.249. The molecule has 0 aromatic heterocycles. The molecular formula is C13H20N4O2. The summed E-state index contributed by atoms with van der Waals surface area (Å²) in [4.78, 5) is 26.4. The molecule has 19 heavy (non-hydrogen) atoms. The topological polar surface area (TPSA) is 78.7 Å². The smallest absolute Gasteiger partial charge is 0.238 e. The van der Waals surface area contributed by atoms with Crippen molar-refractivity contribution in [2.75, 3.05) is 45.3 Å². The number of carbonyl (C=O) groups is 2. The molecule has 0 saturated carbocycles. The number of nitrogens with zero attached hydrogens (tertiary/aromatic N) is 2. The van der Waals surface area contributed by atoms with E-state index >= 15 is 0 Å². The van der Waals surface area contributed by atoms with Gasteiger partial charge in [0.05, 0.1) is 24.5 Å². The number of benzene rings is 1. The molecule has 2 amide bonds. The van der Waals surface area contributed by atoms with Gasteiger partial charge in [0, 0.05) is 14.1 Å². The number of likely N-dealkylation sites (N-methyl/N-ethyl adjacent to an activating group) is 2. The van der Waals surface area contributed by atoms with E-state index in [0.29, 0.717) is 11.4 Å². The van der Waals surface area contributed by atoms with Crippen LogP contribution >= 0.6 is 0 Å². The van der Waals surface area contributed by atoms with Crippen molar-refractivity contribution >= 4 is 23.2 Å². The Balaban J connectivity index is 2.48. The van der Waals surface area contributed by atoms with Gasteiger partial charge < -0.3 is 16.0 Å². The highest BCUT2D eigenvalue weighted by atomic mass is 16.2. The Labute approximate surface area is 113 Å². The van der Waals surface area contributed by atoms with Crippen molar-refractivity contribution in [2.45, 2.75) is 0 Å². The molecule has 1 aromatic carbocycles. The van der Waals surface area contributed by atoms with E-state index in [-0.39, 0.29) is 24.9 Å². The third kappa shape index (κ3) is 4.97. The van der Waals surface area contributed by atoms with Crippen LogP contribution in [0.2, 0.25) is 0 Å². The van der Waals surface area contributed by atoms with Crippen molar-refractivity contribution < 1.29 is 9.59 Å². The predicted octanol–water partition coefficient (Wildman–Crippen LogP) is 0.227. The molecule has 0 radical (unpaired) electrons. The van der Waals surface area contributed by atoms with E-state index in [0.717, 1.165) is 0 Å². The molecule has 6 nitrogen and oxygen atoms in total. The van der Waals surface area contributed by atoms with Gasteiger partial charge in [-0.25, -0.2) is 0 Å². The Morgan fingerprint density at radius 2 is 1.79 bits per heavy atom. The summed E-state index contributed by atoms with van der Waals surface area (Å²) in [5, 5.41) is 2.71. The fraction of sp³-hybridized carbons (Fsp3) is 0.385. The number of nitrogens with one attached hydrogen (secondary N) is 1. The van der Waals surface area contributed by atoms with Gasteiger partial charge in [-0.1, -0.05) is 12.1 Å². The number of hydrogen-bond acceptors (Lipinski definition) is 4. The molecule has 0 aliphatic rings. The zero-order valence-electron chi connectivity index (χ0n) is 11.5. The van der Waals surface area contributed by atoms with Crippen LogP contribution in [0.5, 0.6) is 0 Å². The second kappa shape index (κ2) is 6.75. The van der Waals surface area contributed by atoms with Gasteiger partial charge in [0.15, 0.2) is 0 Å². The average Bonchev–Trinajstić information content (AvgIpc) is 2.31. The number of hydrogen-bond donors (Lipinski definition) is 2. The zero-order valence-corrected chi connectivity index (χ0v) is 11.5. The number of nitrogen functional groups attached to an aromatic ring is 1. The third-order valence-electron chi connectivity index (χ3n) is 2.55. The summed E-state index contributed by atoms with van der Waals surface area (Å²) >= 11 is 0. The minimum Gasteiger partial charge on any atom is -0.397 e. The first-order valence-corrected chi connectivity index (χ1v) is 5.93. The first-order valence-electron chi connectivity index (χ1n) is 5.93. The number of para-hydroxylation sites is 2. The Kier molecular flexibility index (Phi) is 5.32. The second-order valence-corrected chi connectivity index (χ2v) is 4.60. The number of rotatable bonds is 5. The van der Waals surface area contributed by atoms with Gasteiger partial charge in [-0.05, 0) is 19.2 Å². The highest BCUT2D eigenvalue weighted by Gasteiger charge is 2.12. The van der Waals surface area contributed by atoms with Gasteiger partial charge in [0.2, 0.25) is 11.8 Å². The maximum Gasteiger partial charge on any atom is 0.238 e. The van der Waals surface area contributed by atoms with Crippen LogP contribution in [-0.4, -0.2) is 55.8 Å². The Bertz CT molecular complexity index is 460. The third-order valence-corrected chi connectivity index (χ3v) is 2.55. The summed E-state index contributed by atoms with van der Waals surface area (Å²) in [7, 11) is 5.08. The quantitative estimate of drug-likeness (QED) is 0.746. The number of nitrogens with two attached hydrogens (primary N) is 1. The van der Waals surface area contributed by atoms with Crippen LogP contribution < -0.4 is 11.1 Å². The molecule has 0 spiro atoms. The van der Waals surface area contributed by atoms with E-state index in [1.807, 2.05) is 0 Å².